The molecule has 0 unspecified atom stereocenters. The van der Waals surface area contributed by atoms with Gasteiger partial charge in [0.25, 0.3) is 0 Å². The van der Waals surface area contributed by atoms with E-state index in [9.17, 15) is 14.4 Å². The van der Waals surface area contributed by atoms with Gasteiger partial charge in [-0.1, -0.05) is 42.5 Å². The fraction of sp³-hybridized carbons (Fsp3) is 0.286. The molecule has 2 aromatic carbocycles. The zero-order valence-corrected chi connectivity index (χ0v) is 15.5. The molecule has 1 aliphatic heterocycles. The number of carbonyl (C=O) groups is 3. The van der Waals surface area contributed by atoms with Gasteiger partial charge >= 0.3 is 18.2 Å². The van der Waals surface area contributed by atoms with Crippen molar-refractivity contribution in [1.82, 2.24) is 10.2 Å². The van der Waals surface area contributed by atoms with E-state index >= 15 is 0 Å². The molecule has 2 aliphatic rings. The van der Waals surface area contributed by atoms with Gasteiger partial charge in [-0.25, -0.2) is 14.4 Å². The predicted octanol–water partition coefficient (Wildman–Crippen LogP) is 2.69. The molecule has 1 heterocycles. The molecular weight excluding hydrogens is 376 g/mol. The maximum Gasteiger partial charge on any atom is 0.408 e. The Balaban J connectivity index is 1.38. The lowest BCUT2D eigenvalue weighted by atomic mass is 10.0. The van der Waals surface area contributed by atoms with Crippen molar-refractivity contribution in [2.24, 2.45) is 0 Å². The predicted molar refractivity (Wildman–Crippen MR) is 103 cm³/mol. The van der Waals surface area contributed by atoms with Crippen molar-refractivity contribution in [3.8, 4) is 11.1 Å². The Hall–Kier alpha value is -3.55. The van der Waals surface area contributed by atoms with E-state index in [1.54, 1.807) is 0 Å². The van der Waals surface area contributed by atoms with Gasteiger partial charge in [-0.2, -0.15) is 0 Å². The Morgan fingerprint density at radius 1 is 1.07 bits per heavy atom. The smallest absolute Gasteiger partial charge is 0.408 e. The Bertz CT molecular complexity index is 967. The van der Waals surface area contributed by atoms with E-state index in [4.69, 9.17) is 14.9 Å². The van der Waals surface area contributed by atoms with E-state index in [0.29, 0.717) is 0 Å². The molecule has 2 atom stereocenters. The zero-order valence-electron chi connectivity index (χ0n) is 15.5. The van der Waals surface area contributed by atoms with Crippen LogP contribution < -0.4 is 5.32 Å². The number of amides is 2. The molecule has 0 saturated carbocycles. The largest absolute Gasteiger partial charge is 0.480 e. The van der Waals surface area contributed by atoms with Crippen LogP contribution in [0.25, 0.3) is 11.1 Å². The van der Waals surface area contributed by atoms with E-state index in [0.717, 1.165) is 28.0 Å². The average molecular weight is 396 g/mol. The number of ether oxygens (including phenoxy) is 1. The number of fused-ring (bicyclic) bond motifs is 3. The van der Waals surface area contributed by atoms with E-state index in [1.165, 1.54) is 11.1 Å². The first-order valence-corrected chi connectivity index (χ1v) is 9.28. The minimum Gasteiger partial charge on any atom is -0.480 e. The highest BCUT2D eigenvalue weighted by Gasteiger charge is 2.40. The summed E-state index contributed by atoms with van der Waals surface area (Å²) < 4.78 is 5.34. The van der Waals surface area contributed by atoms with E-state index in [-0.39, 0.29) is 19.6 Å². The van der Waals surface area contributed by atoms with Gasteiger partial charge in [-0.05, 0) is 34.2 Å². The molecule has 3 N–H and O–H groups in total. The highest BCUT2D eigenvalue weighted by molar-refractivity contribution is 5.81. The van der Waals surface area contributed by atoms with E-state index in [1.807, 2.05) is 24.3 Å². The Labute approximate surface area is 166 Å². The molecule has 0 radical (unpaired) electrons. The summed E-state index contributed by atoms with van der Waals surface area (Å²) in [5, 5.41) is 20.8. The maximum absolute atomic E-state index is 12.2. The lowest BCUT2D eigenvalue weighted by molar-refractivity contribution is -0.141. The van der Waals surface area contributed by atoms with Crippen molar-refractivity contribution in [3.63, 3.8) is 0 Å². The number of carboxylic acids is 1. The van der Waals surface area contributed by atoms with Crippen LogP contribution in [-0.4, -0.2) is 51.9 Å². The number of alkyl carbamates (subject to hydrolysis) is 1. The molecule has 29 heavy (non-hydrogen) atoms. The number of aliphatic carboxylic acids is 1. The molecule has 2 amide bonds. The fourth-order valence-corrected chi connectivity index (χ4v) is 4.10. The molecule has 8 nitrogen and oxygen atoms in total. The van der Waals surface area contributed by atoms with Crippen LogP contribution in [0.1, 0.15) is 23.1 Å². The average Bonchev–Trinajstić information content (AvgIpc) is 3.28. The summed E-state index contributed by atoms with van der Waals surface area (Å²) in [5.41, 5.74) is 5.60. The molecular formula is C21H20N2O6. The summed E-state index contributed by atoms with van der Waals surface area (Å²) in [4.78, 5) is 35.4. The number of benzene rings is 2. The second-order valence-electron chi connectivity index (χ2n) is 7.22. The van der Waals surface area contributed by atoms with Crippen molar-refractivity contribution in [2.45, 2.75) is 31.5 Å². The molecule has 1 saturated heterocycles. The SMILES string of the molecule is O=C(N[C@H]1C[C@@H](C(=O)O)N(C(=O)O)C1)OCc1cccc2c1Cc1ccccc1-2. The highest BCUT2D eigenvalue weighted by atomic mass is 16.5. The fourth-order valence-electron chi connectivity index (χ4n) is 4.10. The third-order valence-corrected chi connectivity index (χ3v) is 5.46. The number of rotatable bonds is 4. The van der Waals surface area contributed by atoms with Gasteiger partial charge < -0.3 is 20.3 Å². The number of nitrogens with zero attached hydrogens (tertiary/aromatic N) is 1. The summed E-state index contributed by atoms with van der Waals surface area (Å²) in [6.45, 7) is -0.00182. The molecule has 0 bridgehead atoms. The first kappa shape index (κ1) is 18.8. The first-order chi connectivity index (χ1) is 13.9. The number of carboxylic acid groups (broad SMARTS) is 2. The zero-order chi connectivity index (χ0) is 20.5. The van der Waals surface area contributed by atoms with Crippen LogP contribution in [0, 0.1) is 0 Å². The van der Waals surface area contributed by atoms with Crippen LogP contribution in [-0.2, 0) is 22.6 Å². The van der Waals surface area contributed by atoms with Gasteiger partial charge in [0.05, 0.1) is 6.04 Å². The molecule has 8 heteroatoms. The minimum atomic E-state index is -1.32. The van der Waals surface area contributed by atoms with Crippen LogP contribution >= 0.6 is 0 Å². The summed E-state index contributed by atoms with van der Waals surface area (Å²) in [7, 11) is 0. The number of likely N-dealkylation sites (tertiary alicyclic amines) is 1. The lowest BCUT2D eigenvalue weighted by Crippen LogP contribution is -2.40. The second kappa shape index (κ2) is 7.46. The van der Waals surface area contributed by atoms with Crippen molar-refractivity contribution >= 4 is 18.2 Å². The lowest BCUT2D eigenvalue weighted by Gasteiger charge is -2.16. The van der Waals surface area contributed by atoms with Crippen LogP contribution in [0.15, 0.2) is 42.5 Å². The number of hydrogen-bond donors (Lipinski definition) is 3. The third-order valence-electron chi connectivity index (χ3n) is 5.46. The number of nitrogens with one attached hydrogen (secondary N) is 1. The maximum atomic E-state index is 12.2. The molecule has 1 aliphatic carbocycles. The van der Waals surface area contributed by atoms with Gasteiger partial charge in [-0.15, -0.1) is 0 Å². The number of hydrogen-bond acceptors (Lipinski definition) is 4. The van der Waals surface area contributed by atoms with Crippen molar-refractivity contribution < 1.29 is 29.3 Å². The summed E-state index contributed by atoms with van der Waals surface area (Å²) in [5.74, 6) is -1.23. The molecule has 4 rings (SSSR count). The van der Waals surface area contributed by atoms with Crippen molar-refractivity contribution in [2.75, 3.05) is 6.54 Å². The van der Waals surface area contributed by atoms with Gasteiger partial charge in [0.2, 0.25) is 0 Å². The second-order valence-corrected chi connectivity index (χ2v) is 7.22. The highest BCUT2D eigenvalue weighted by Crippen LogP contribution is 2.38. The van der Waals surface area contributed by atoms with Crippen LogP contribution in [0.2, 0.25) is 0 Å². The third kappa shape index (κ3) is 3.61. The van der Waals surface area contributed by atoms with Gasteiger partial charge in [0.15, 0.2) is 0 Å². The first-order valence-electron chi connectivity index (χ1n) is 9.28. The quantitative estimate of drug-likeness (QED) is 0.624. The normalized spacial score (nSPS) is 19.4. The van der Waals surface area contributed by atoms with Gasteiger partial charge in [-0.3, -0.25) is 4.90 Å². The molecule has 0 spiro atoms. The Morgan fingerprint density at radius 2 is 1.83 bits per heavy atom. The Morgan fingerprint density at radius 3 is 2.55 bits per heavy atom. The molecule has 0 aromatic heterocycles. The van der Waals surface area contributed by atoms with Crippen LogP contribution in [0.3, 0.4) is 0 Å². The molecule has 2 aromatic rings. The van der Waals surface area contributed by atoms with E-state index < -0.39 is 30.2 Å². The Kier molecular flexibility index (Phi) is 4.84. The standard InChI is InChI=1S/C21H20N2O6/c24-19(25)18-9-14(10-23(18)21(27)28)22-20(26)29-11-13-5-3-7-16-15-6-2-1-4-12(15)8-17(13)16/h1-7,14,18H,8-11H2,(H,22,26)(H,24,25)(H,27,28)/t14-,18-/m0/s1. The van der Waals surface area contributed by atoms with Gasteiger partial charge in [0.1, 0.15) is 12.6 Å². The van der Waals surface area contributed by atoms with Gasteiger partial charge in [0, 0.05) is 13.0 Å². The minimum absolute atomic E-state index is 0.00672. The van der Waals surface area contributed by atoms with Crippen molar-refractivity contribution in [1.29, 1.82) is 0 Å². The molecule has 1 fully saturated rings. The summed E-state index contributed by atoms with van der Waals surface area (Å²) in [6, 6.07) is 12.3. The number of carbonyl (C=O) groups excluding carboxylic acids is 1. The molecule has 150 valence electrons. The monoisotopic (exact) mass is 396 g/mol. The van der Waals surface area contributed by atoms with Crippen LogP contribution in [0.5, 0.6) is 0 Å². The summed E-state index contributed by atoms with van der Waals surface area (Å²) in [6.07, 6.45) is -1.23. The van der Waals surface area contributed by atoms with E-state index in [2.05, 4.69) is 23.5 Å². The van der Waals surface area contributed by atoms with Crippen molar-refractivity contribution in [3.05, 3.63) is 59.2 Å². The topological polar surface area (TPSA) is 116 Å². The summed E-state index contributed by atoms with van der Waals surface area (Å²) >= 11 is 0. The van der Waals surface area contributed by atoms with Crippen LogP contribution in [0.4, 0.5) is 9.59 Å².